The minimum atomic E-state index is -0.721. The highest BCUT2D eigenvalue weighted by Crippen LogP contribution is 2.19. The van der Waals surface area contributed by atoms with Gasteiger partial charge in [0.15, 0.2) is 12.4 Å². The fraction of sp³-hybridized carbons (Fsp3) is 0.125. The highest BCUT2D eigenvalue weighted by Gasteiger charge is 2.20. The lowest BCUT2D eigenvalue weighted by molar-refractivity contribution is -0.119. The van der Waals surface area contributed by atoms with Crippen LogP contribution in [0.1, 0.15) is 37.4 Å². The smallest absolute Gasteiger partial charge is 0.339 e. The lowest BCUT2D eigenvalue weighted by atomic mass is 9.98. The normalized spacial score (nSPS) is 10.3. The summed E-state index contributed by atoms with van der Waals surface area (Å²) in [5, 5.41) is 2.77. The van der Waals surface area contributed by atoms with Crippen molar-refractivity contribution in [1.29, 1.82) is 0 Å². The maximum absolute atomic E-state index is 12.7. The number of carbonyl (C=O) groups is 3. The number of hydrogen-bond acceptors (Lipinski definition) is 4. The average molecular weight is 387 g/mol. The van der Waals surface area contributed by atoms with E-state index in [4.69, 9.17) is 4.74 Å². The minimum Gasteiger partial charge on any atom is -0.452 e. The zero-order valence-electron chi connectivity index (χ0n) is 16.3. The van der Waals surface area contributed by atoms with Crippen LogP contribution in [0.25, 0.3) is 0 Å². The summed E-state index contributed by atoms with van der Waals surface area (Å²) in [7, 11) is 0. The quantitative estimate of drug-likeness (QED) is 0.505. The number of hydrogen-bond donors (Lipinski definition) is 1. The van der Waals surface area contributed by atoms with Crippen LogP contribution < -0.4 is 5.32 Å². The van der Waals surface area contributed by atoms with Crippen molar-refractivity contribution in [2.75, 3.05) is 11.9 Å². The molecule has 0 aliphatic rings. The number of para-hydroxylation sites is 1. The lowest BCUT2D eigenvalue weighted by Crippen LogP contribution is -2.22. The van der Waals surface area contributed by atoms with Gasteiger partial charge in [0.25, 0.3) is 5.91 Å². The molecule has 1 amide bonds. The van der Waals surface area contributed by atoms with Crippen LogP contribution in [0.4, 0.5) is 5.69 Å². The van der Waals surface area contributed by atoms with Crippen molar-refractivity contribution < 1.29 is 19.1 Å². The average Bonchev–Trinajstić information content (AvgIpc) is 2.75. The lowest BCUT2D eigenvalue weighted by Gasteiger charge is -2.12. The van der Waals surface area contributed by atoms with E-state index in [1.54, 1.807) is 42.5 Å². The molecule has 0 saturated heterocycles. The first-order chi connectivity index (χ1) is 14.0. The Kier molecular flexibility index (Phi) is 6.19. The van der Waals surface area contributed by atoms with Gasteiger partial charge in [0.2, 0.25) is 0 Å². The predicted molar refractivity (Wildman–Crippen MR) is 111 cm³/mol. The van der Waals surface area contributed by atoms with Gasteiger partial charge in [-0.1, -0.05) is 66.7 Å². The SMILES string of the molecule is Cc1cccc(C)c1NC(=O)COC(=O)c1ccccc1C(=O)c1ccccc1. The number of nitrogens with one attached hydrogen (secondary N) is 1. The Hall–Kier alpha value is -3.73. The molecule has 3 aromatic rings. The van der Waals surface area contributed by atoms with Gasteiger partial charge >= 0.3 is 5.97 Å². The molecule has 5 heteroatoms. The Morgan fingerprint density at radius 2 is 1.34 bits per heavy atom. The van der Waals surface area contributed by atoms with E-state index in [0.29, 0.717) is 11.3 Å². The highest BCUT2D eigenvalue weighted by molar-refractivity contribution is 6.14. The second-order valence-corrected chi connectivity index (χ2v) is 6.63. The van der Waals surface area contributed by atoms with Crippen LogP contribution in [0, 0.1) is 13.8 Å². The number of amides is 1. The molecule has 0 fully saturated rings. The molecule has 0 heterocycles. The number of ketones is 1. The van der Waals surface area contributed by atoms with Crippen LogP contribution in [0.5, 0.6) is 0 Å². The van der Waals surface area contributed by atoms with E-state index in [1.165, 1.54) is 6.07 Å². The van der Waals surface area contributed by atoms with E-state index in [1.807, 2.05) is 38.1 Å². The number of esters is 1. The first-order valence-corrected chi connectivity index (χ1v) is 9.19. The predicted octanol–water partition coefficient (Wildman–Crippen LogP) is 4.33. The van der Waals surface area contributed by atoms with E-state index in [-0.39, 0.29) is 16.9 Å². The van der Waals surface area contributed by atoms with Gasteiger partial charge in [-0.25, -0.2) is 4.79 Å². The van der Waals surface area contributed by atoms with Gasteiger partial charge in [0.05, 0.1) is 5.56 Å². The molecule has 0 unspecified atom stereocenters. The monoisotopic (exact) mass is 387 g/mol. The third-order valence-corrected chi connectivity index (χ3v) is 4.51. The Balaban J connectivity index is 1.70. The maximum atomic E-state index is 12.7. The summed E-state index contributed by atoms with van der Waals surface area (Å²) in [4.78, 5) is 37.5. The molecule has 3 aromatic carbocycles. The molecule has 0 spiro atoms. The largest absolute Gasteiger partial charge is 0.452 e. The van der Waals surface area contributed by atoms with Crippen LogP contribution in [0.3, 0.4) is 0 Å². The molecule has 5 nitrogen and oxygen atoms in total. The van der Waals surface area contributed by atoms with Gasteiger partial charge in [-0.3, -0.25) is 9.59 Å². The third kappa shape index (κ3) is 4.76. The van der Waals surface area contributed by atoms with Crippen molar-refractivity contribution in [3.8, 4) is 0 Å². The maximum Gasteiger partial charge on any atom is 0.339 e. The van der Waals surface area contributed by atoms with E-state index >= 15 is 0 Å². The van der Waals surface area contributed by atoms with Gasteiger partial charge < -0.3 is 10.1 Å². The van der Waals surface area contributed by atoms with Crippen molar-refractivity contribution in [1.82, 2.24) is 0 Å². The van der Waals surface area contributed by atoms with Crippen LogP contribution in [0.2, 0.25) is 0 Å². The minimum absolute atomic E-state index is 0.126. The summed E-state index contributed by atoms with van der Waals surface area (Å²) in [6.45, 7) is 3.33. The summed E-state index contributed by atoms with van der Waals surface area (Å²) in [5.74, 6) is -1.44. The van der Waals surface area contributed by atoms with E-state index in [2.05, 4.69) is 5.32 Å². The third-order valence-electron chi connectivity index (χ3n) is 4.51. The molecule has 3 rings (SSSR count). The molecule has 0 aliphatic carbocycles. The first kappa shape index (κ1) is 20.0. The van der Waals surface area contributed by atoms with Gasteiger partial charge in [-0.2, -0.15) is 0 Å². The van der Waals surface area contributed by atoms with Gasteiger partial charge in [-0.05, 0) is 31.0 Å². The van der Waals surface area contributed by atoms with E-state index in [9.17, 15) is 14.4 Å². The summed E-state index contributed by atoms with van der Waals surface area (Å²) in [6, 6.07) is 20.8. The number of rotatable bonds is 6. The highest BCUT2D eigenvalue weighted by atomic mass is 16.5. The Morgan fingerprint density at radius 3 is 2.00 bits per heavy atom. The first-order valence-electron chi connectivity index (χ1n) is 9.19. The Labute approximate surface area is 169 Å². The topological polar surface area (TPSA) is 72.5 Å². The summed E-state index contributed by atoms with van der Waals surface area (Å²) in [6.07, 6.45) is 0. The van der Waals surface area contributed by atoms with Crippen molar-refractivity contribution in [3.63, 3.8) is 0 Å². The van der Waals surface area contributed by atoms with E-state index < -0.39 is 18.5 Å². The van der Waals surface area contributed by atoms with E-state index in [0.717, 1.165) is 11.1 Å². The number of aryl methyl sites for hydroxylation is 2. The van der Waals surface area contributed by atoms with Crippen molar-refractivity contribution in [2.24, 2.45) is 0 Å². The Morgan fingerprint density at radius 1 is 0.759 bits per heavy atom. The van der Waals surface area contributed by atoms with Crippen LogP contribution >= 0.6 is 0 Å². The molecule has 0 atom stereocenters. The van der Waals surface area contributed by atoms with Crippen molar-refractivity contribution in [2.45, 2.75) is 13.8 Å². The second-order valence-electron chi connectivity index (χ2n) is 6.63. The summed E-state index contributed by atoms with van der Waals surface area (Å²) in [5.41, 5.74) is 3.38. The van der Waals surface area contributed by atoms with Gasteiger partial charge in [0.1, 0.15) is 0 Å². The van der Waals surface area contributed by atoms with Gasteiger partial charge in [0, 0.05) is 16.8 Å². The second kappa shape index (κ2) is 8.97. The van der Waals surface area contributed by atoms with Crippen LogP contribution in [0.15, 0.2) is 72.8 Å². The molecule has 29 heavy (non-hydrogen) atoms. The molecule has 0 radical (unpaired) electrons. The molecule has 1 N–H and O–H groups in total. The molecule has 0 bridgehead atoms. The molecular formula is C24H21NO4. The fourth-order valence-corrected chi connectivity index (χ4v) is 3.00. The van der Waals surface area contributed by atoms with Crippen LogP contribution in [-0.4, -0.2) is 24.3 Å². The molecule has 0 aromatic heterocycles. The van der Waals surface area contributed by atoms with Crippen molar-refractivity contribution >= 4 is 23.3 Å². The summed E-state index contributed by atoms with van der Waals surface area (Å²) < 4.78 is 5.17. The number of anilines is 1. The molecular weight excluding hydrogens is 366 g/mol. The standard InChI is InChI=1S/C24H21NO4/c1-16-9-8-10-17(2)22(16)25-21(26)15-29-24(28)20-14-7-6-13-19(20)23(27)18-11-4-3-5-12-18/h3-14H,15H2,1-2H3,(H,25,26). The van der Waals surface area contributed by atoms with Crippen LogP contribution in [-0.2, 0) is 9.53 Å². The molecule has 0 aliphatic heterocycles. The van der Waals surface area contributed by atoms with Crippen molar-refractivity contribution in [3.05, 3.63) is 101 Å². The number of carbonyl (C=O) groups excluding carboxylic acids is 3. The zero-order chi connectivity index (χ0) is 20.8. The molecule has 146 valence electrons. The number of benzene rings is 3. The molecule has 0 saturated carbocycles. The zero-order valence-corrected chi connectivity index (χ0v) is 16.3. The van der Waals surface area contributed by atoms with Gasteiger partial charge in [-0.15, -0.1) is 0 Å². The fourth-order valence-electron chi connectivity index (χ4n) is 3.00. The number of ether oxygens (including phenoxy) is 1. The Bertz CT molecular complexity index is 1040. The summed E-state index contributed by atoms with van der Waals surface area (Å²) >= 11 is 0.